The van der Waals surface area contributed by atoms with Crippen molar-refractivity contribution in [2.24, 2.45) is 0 Å². The summed E-state index contributed by atoms with van der Waals surface area (Å²) < 4.78 is 65.2. The summed E-state index contributed by atoms with van der Waals surface area (Å²) in [5.74, 6) is -0.772. The zero-order valence-corrected chi connectivity index (χ0v) is 11.3. The highest BCUT2D eigenvalue weighted by Gasteiger charge is 2.35. The molecule has 1 N–H and O–H groups in total. The van der Waals surface area contributed by atoms with Gasteiger partial charge in [-0.1, -0.05) is 0 Å². The second-order valence-electron chi connectivity index (χ2n) is 4.36. The number of aromatic amines is 1. The van der Waals surface area contributed by atoms with E-state index in [9.17, 15) is 21.6 Å². The van der Waals surface area contributed by atoms with E-state index in [-0.39, 0.29) is 5.52 Å². The largest absolute Gasteiger partial charge is 0.573 e. The molecule has 1 aromatic carbocycles. The molecule has 0 bridgehead atoms. The van der Waals surface area contributed by atoms with Crippen LogP contribution in [0.3, 0.4) is 0 Å². The standard InChI is InChI=1S/C11H11F3N2O3S/c1-6(2)20(17,18)10-4-8-7(15-5-16-8)3-9(10)19-11(12,13)14/h3-6H,1-2H3,(H,15,16). The van der Waals surface area contributed by atoms with Crippen LogP contribution in [0, 0.1) is 0 Å². The van der Waals surface area contributed by atoms with Gasteiger partial charge in [0.2, 0.25) is 0 Å². The van der Waals surface area contributed by atoms with Crippen molar-refractivity contribution in [2.45, 2.75) is 30.4 Å². The predicted molar refractivity (Wildman–Crippen MR) is 65.1 cm³/mol. The summed E-state index contributed by atoms with van der Waals surface area (Å²) in [6.07, 6.45) is -3.72. The van der Waals surface area contributed by atoms with Crippen LogP contribution in [0.1, 0.15) is 13.8 Å². The molecule has 2 rings (SSSR count). The summed E-state index contributed by atoms with van der Waals surface area (Å²) in [6, 6.07) is 2.05. The highest BCUT2D eigenvalue weighted by molar-refractivity contribution is 7.92. The van der Waals surface area contributed by atoms with Crippen molar-refractivity contribution >= 4 is 20.9 Å². The monoisotopic (exact) mass is 308 g/mol. The first-order chi connectivity index (χ1) is 9.11. The van der Waals surface area contributed by atoms with E-state index in [1.807, 2.05) is 0 Å². The number of nitrogens with one attached hydrogen (secondary N) is 1. The highest BCUT2D eigenvalue weighted by atomic mass is 32.2. The highest BCUT2D eigenvalue weighted by Crippen LogP contribution is 2.34. The zero-order chi connectivity index (χ0) is 15.1. The first-order valence-electron chi connectivity index (χ1n) is 5.58. The summed E-state index contributed by atoms with van der Waals surface area (Å²) in [6.45, 7) is 2.76. The van der Waals surface area contributed by atoms with Crippen LogP contribution >= 0.6 is 0 Å². The van der Waals surface area contributed by atoms with E-state index >= 15 is 0 Å². The first-order valence-corrected chi connectivity index (χ1v) is 7.12. The van der Waals surface area contributed by atoms with Crippen molar-refractivity contribution in [3.05, 3.63) is 18.5 Å². The number of imidazole rings is 1. The lowest BCUT2D eigenvalue weighted by atomic mass is 10.3. The van der Waals surface area contributed by atoms with Gasteiger partial charge in [0.25, 0.3) is 0 Å². The summed E-state index contributed by atoms with van der Waals surface area (Å²) in [4.78, 5) is 5.92. The third kappa shape index (κ3) is 2.72. The van der Waals surface area contributed by atoms with Gasteiger partial charge in [-0.05, 0) is 19.9 Å². The molecule has 0 saturated heterocycles. The predicted octanol–water partition coefficient (Wildman–Crippen LogP) is 2.64. The number of fused-ring (bicyclic) bond motifs is 1. The Hall–Kier alpha value is -1.77. The van der Waals surface area contributed by atoms with Crippen molar-refractivity contribution in [1.82, 2.24) is 9.97 Å². The Morgan fingerprint density at radius 2 is 1.95 bits per heavy atom. The molecule has 0 unspecified atom stereocenters. The third-order valence-corrected chi connectivity index (χ3v) is 4.81. The number of benzene rings is 1. The number of rotatable bonds is 3. The second-order valence-corrected chi connectivity index (χ2v) is 6.83. The maximum Gasteiger partial charge on any atom is 0.573 e. The number of alkyl halides is 3. The molecule has 2 aromatic rings. The van der Waals surface area contributed by atoms with Gasteiger partial charge in [-0.15, -0.1) is 13.2 Å². The van der Waals surface area contributed by atoms with Crippen LogP contribution in [0.4, 0.5) is 13.2 Å². The van der Waals surface area contributed by atoms with Crippen molar-refractivity contribution in [3.8, 4) is 5.75 Å². The fourth-order valence-electron chi connectivity index (χ4n) is 1.62. The van der Waals surface area contributed by atoms with Crippen LogP contribution in [0.2, 0.25) is 0 Å². The van der Waals surface area contributed by atoms with E-state index in [0.717, 1.165) is 12.1 Å². The Kier molecular flexibility index (Phi) is 3.41. The minimum Gasteiger partial charge on any atom is -0.404 e. The van der Waals surface area contributed by atoms with Crippen LogP contribution in [-0.2, 0) is 9.84 Å². The summed E-state index contributed by atoms with van der Waals surface area (Å²) in [7, 11) is -3.92. The minimum absolute atomic E-state index is 0.187. The lowest BCUT2D eigenvalue weighted by Crippen LogP contribution is -2.21. The smallest absolute Gasteiger partial charge is 0.404 e. The number of nitrogens with zero attached hydrogens (tertiary/aromatic N) is 1. The average molecular weight is 308 g/mol. The summed E-state index contributed by atoms with van der Waals surface area (Å²) >= 11 is 0. The first kappa shape index (κ1) is 14.6. The third-order valence-electron chi connectivity index (χ3n) is 2.64. The van der Waals surface area contributed by atoms with Gasteiger partial charge in [0, 0.05) is 6.07 Å². The molecule has 0 aliphatic carbocycles. The average Bonchev–Trinajstić information content (AvgIpc) is 2.72. The van der Waals surface area contributed by atoms with E-state index in [0.29, 0.717) is 5.52 Å². The van der Waals surface area contributed by atoms with Crippen LogP contribution in [0.25, 0.3) is 11.0 Å². The van der Waals surface area contributed by atoms with Gasteiger partial charge in [0.1, 0.15) is 10.6 Å². The number of aromatic nitrogens is 2. The molecule has 9 heteroatoms. The fourth-order valence-corrected chi connectivity index (χ4v) is 2.79. The minimum atomic E-state index is -4.98. The SMILES string of the molecule is CC(C)S(=O)(=O)c1cc2[nH]cnc2cc1OC(F)(F)F. The number of sulfone groups is 1. The van der Waals surface area contributed by atoms with Gasteiger partial charge in [-0.3, -0.25) is 0 Å². The molecule has 110 valence electrons. The number of ether oxygens (including phenoxy) is 1. The van der Waals surface area contributed by atoms with Crippen LogP contribution in [-0.4, -0.2) is 30.0 Å². The zero-order valence-electron chi connectivity index (χ0n) is 10.5. The Morgan fingerprint density at radius 3 is 2.50 bits per heavy atom. The van der Waals surface area contributed by atoms with E-state index in [1.54, 1.807) is 0 Å². The maximum atomic E-state index is 12.4. The summed E-state index contributed by atoms with van der Waals surface area (Å²) in [5, 5.41) is -0.876. The number of hydrogen-bond donors (Lipinski definition) is 1. The van der Waals surface area contributed by atoms with Gasteiger partial charge < -0.3 is 9.72 Å². The van der Waals surface area contributed by atoms with Crippen LogP contribution in [0.5, 0.6) is 5.75 Å². The topological polar surface area (TPSA) is 72.0 Å². The van der Waals surface area contributed by atoms with Crippen molar-refractivity contribution in [3.63, 3.8) is 0 Å². The molecule has 0 aliphatic rings. The number of H-pyrrole nitrogens is 1. The molecular formula is C11H11F3N2O3S. The molecule has 0 aliphatic heterocycles. The molecule has 0 saturated carbocycles. The van der Waals surface area contributed by atoms with Gasteiger partial charge >= 0.3 is 6.36 Å². The van der Waals surface area contributed by atoms with Crippen LogP contribution < -0.4 is 4.74 Å². The Bertz CT molecular complexity index is 735. The quantitative estimate of drug-likeness (QED) is 0.946. The van der Waals surface area contributed by atoms with Gasteiger partial charge in [0.15, 0.2) is 9.84 Å². The van der Waals surface area contributed by atoms with Crippen molar-refractivity contribution in [1.29, 1.82) is 0 Å². The number of halogens is 3. The Labute approximate surface area is 112 Å². The van der Waals surface area contributed by atoms with E-state index in [4.69, 9.17) is 0 Å². The fraction of sp³-hybridized carbons (Fsp3) is 0.364. The molecule has 0 atom stereocenters. The van der Waals surface area contributed by atoms with E-state index in [2.05, 4.69) is 14.7 Å². The molecule has 0 amide bonds. The van der Waals surface area contributed by atoms with Crippen LogP contribution in [0.15, 0.2) is 23.4 Å². The Morgan fingerprint density at radius 1 is 1.30 bits per heavy atom. The molecular weight excluding hydrogens is 297 g/mol. The van der Waals surface area contributed by atoms with Gasteiger partial charge in [-0.25, -0.2) is 13.4 Å². The molecule has 1 aromatic heterocycles. The Balaban J connectivity index is 2.69. The second kappa shape index (κ2) is 4.65. The van der Waals surface area contributed by atoms with Gasteiger partial charge in [0.05, 0.1) is 22.6 Å². The lowest BCUT2D eigenvalue weighted by Gasteiger charge is -2.15. The van der Waals surface area contributed by atoms with E-state index < -0.39 is 32.1 Å². The molecule has 1 heterocycles. The molecule has 5 nitrogen and oxygen atoms in total. The summed E-state index contributed by atoms with van der Waals surface area (Å²) in [5.41, 5.74) is 0.505. The molecule has 0 radical (unpaired) electrons. The lowest BCUT2D eigenvalue weighted by molar-refractivity contribution is -0.275. The molecule has 0 spiro atoms. The molecule has 20 heavy (non-hydrogen) atoms. The van der Waals surface area contributed by atoms with Gasteiger partial charge in [-0.2, -0.15) is 0 Å². The van der Waals surface area contributed by atoms with E-state index in [1.165, 1.54) is 20.2 Å². The number of hydrogen-bond acceptors (Lipinski definition) is 4. The van der Waals surface area contributed by atoms with Crippen molar-refractivity contribution < 1.29 is 26.3 Å². The normalized spacial score (nSPS) is 13.1. The molecule has 0 fully saturated rings. The maximum absolute atomic E-state index is 12.4. The van der Waals surface area contributed by atoms with Crippen molar-refractivity contribution in [2.75, 3.05) is 0 Å².